The summed E-state index contributed by atoms with van der Waals surface area (Å²) in [6, 6.07) is 1.89. The number of hydrogen-bond donors (Lipinski definition) is 2. The molecule has 6 heteroatoms. The first-order valence-electron chi connectivity index (χ1n) is 7.99. The second kappa shape index (κ2) is 7.42. The molecule has 1 aromatic heterocycles. The fraction of sp³-hybridized carbons (Fsp3) is 0.733. The number of hydrogen-bond acceptors (Lipinski definition) is 3. The maximum absolute atomic E-state index is 12.5. The summed E-state index contributed by atoms with van der Waals surface area (Å²) in [5.41, 5.74) is 1.02. The van der Waals surface area contributed by atoms with Crippen molar-refractivity contribution in [2.24, 2.45) is 0 Å². The number of aryl methyl sites for hydroxylation is 1. The van der Waals surface area contributed by atoms with Gasteiger partial charge in [-0.1, -0.05) is 26.2 Å². The highest BCUT2D eigenvalue weighted by Crippen LogP contribution is 2.21. The Balaban J connectivity index is 2.13. The molecule has 1 aliphatic rings. The second-order valence-electron chi connectivity index (χ2n) is 5.69. The molecule has 0 amide bonds. The average Bonchev–Trinajstić information content (AvgIpc) is 2.90. The van der Waals surface area contributed by atoms with E-state index in [1.165, 1.54) is 6.42 Å². The van der Waals surface area contributed by atoms with Gasteiger partial charge in [0.15, 0.2) is 0 Å². The van der Waals surface area contributed by atoms with Crippen molar-refractivity contribution in [1.82, 2.24) is 14.6 Å². The van der Waals surface area contributed by atoms with E-state index in [0.717, 1.165) is 44.5 Å². The summed E-state index contributed by atoms with van der Waals surface area (Å²) in [6.07, 6.45) is 7.12. The van der Waals surface area contributed by atoms with Crippen molar-refractivity contribution in [3.8, 4) is 0 Å². The molecular formula is C15H27N3O2S. The van der Waals surface area contributed by atoms with Crippen LogP contribution in [0.5, 0.6) is 0 Å². The number of rotatable bonds is 7. The molecule has 0 saturated heterocycles. The van der Waals surface area contributed by atoms with Crippen LogP contribution in [0.15, 0.2) is 17.2 Å². The predicted octanol–water partition coefficient (Wildman–Crippen LogP) is 2.23. The Labute approximate surface area is 128 Å². The lowest BCUT2D eigenvalue weighted by atomic mass is 9.96. The summed E-state index contributed by atoms with van der Waals surface area (Å²) in [5.74, 6) is 0. The third-order valence-corrected chi connectivity index (χ3v) is 5.58. The van der Waals surface area contributed by atoms with Gasteiger partial charge in [-0.3, -0.25) is 0 Å². The molecule has 0 bridgehead atoms. The van der Waals surface area contributed by atoms with Gasteiger partial charge in [-0.2, -0.15) is 0 Å². The van der Waals surface area contributed by atoms with Crippen molar-refractivity contribution >= 4 is 10.0 Å². The minimum atomic E-state index is -3.40. The third-order valence-electron chi connectivity index (χ3n) is 4.09. The van der Waals surface area contributed by atoms with Crippen molar-refractivity contribution in [1.29, 1.82) is 0 Å². The van der Waals surface area contributed by atoms with Crippen molar-refractivity contribution < 1.29 is 8.42 Å². The smallest absolute Gasteiger partial charge is 0.242 e. The van der Waals surface area contributed by atoms with E-state index in [1.807, 2.05) is 18.4 Å². The molecule has 120 valence electrons. The number of sulfonamides is 1. The maximum atomic E-state index is 12.5. The number of aromatic nitrogens is 1. The highest BCUT2D eigenvalue weighted by Gasteiger charge is 2.23. The van der Waals surface area contributed by atoms with E-state index in [9.17, 15) is 8.42 Å². The molecule has 1 aliphatic carbocycles. The van der Waals surface area contributed by atoms with E-state index in [2.05, 4.69) is 10.0 Å². The average molecular weight is 313 g/mol. The highest BCUT2D eigenvalue weighted by atomic mass is 32.2. The standard InChI is InChI=1S/C15H27N3O2S/c1-3-16-11-14-10-15(12-18(14)4-2)21(19,20)17-13-8-6-5-7-9-13/h10,12-13,16-17H,3-9,11H2,1-2H3. The minimum Gasteiger partial charge on any atom is -0.349 e. The quantitative estimate of drug-likeness (QED) is 0.811. The fourth-order valence-electron chi connectivity index (χ4n) is 2.88. The molecule has 1 heterocycles. The van der Waals surface area contributed by atoms with Gasteiger partial charge in [0.05, 0.1) is 4.90 Å². The van der Waals surface area contributed by atoms with Gasteiger partial charge in [0.2, 0.25) is 10.0 Å². The van der Waals surface area contributed by atoms with Crippen molar-refractivity contribution in [2.75, 3.05) is 6.54 Å². The van der Waals surface area contributed by atoms with Crippen molar-refractivity contribution in [3.05, 3.63) is 18.0 Å². The largest absolute Gasteiger partial charge is 0.349 e. The molecule has 1 saturated carbocycles. The van der Waals surface area contributed by atoms with Crippen LogP contribution in [0, 0.1) is 0 Å². The lowest BCUT2D eigenvalue weighted by Crippen LogP contribution is -2.36. The van der Waals surface area contributed by atoms with Gasteiger partial charge in [-0.05, 0) is 32.4 Å². The van der Waals surface area contributed by atoms with E-state index in [1.54, 1.807) is 12.3 Å². The van der Waals surface area contributed by atoms with Crippen LogP contribution in [-0.4, -0.2) is 25.6 Å². The zero-order valence-electron chi connectivity index (χ0n) is 13.1. The number of nitrogens with zero attached hydrogens (tertiary/aromatic N) is 1. The van der Waals surface area contributed by atoms with Gasteiger partial charge in [-0.25, -0.2) is 13.1 Å². The first-order valence-corrected chi connectivity index (χ1v) is 9.47. The van der Waals surface area contributed by atoms with Crippen LogP contribution in [0.1, 0.15) is 51.6 Å². The van der Waals surface area contributed by atoms with E-state index >= 15 is 0 Å². The molecule has 2 rings (SSSR count). The molecule has 0 unspecified atom stereocenters. The molecular weight excluding hydrogens is 286 g/mol. The lowest BCUT2D eigenvalue weighted by Gasteiger charge is -2.22. The first-order chi connectivity index (χ1) is 10.1. The Kier molecular flexibility index (Phi) is 5.84. The second-order valence-corrected chi connectivity index (χ2v) is 7.40. The highest BCUT2D eigenvalue weighted by molar-refractivity contribution is 7.89. The predicted molar refractivity (Wildman–Crippen MR) is 84.7 cm³/mol. The third kappa shape index (κ3) is 4.31. The molecule has 2 N–H and O–H groups in total. The Bertz CT molecular complexity index is 545. The summed E-state index contributed by atoms with van der Waals surface area (Å²) in [5, 5.41) is 3.25. The Morgan fingerprint density at radius 1 is 1.24 bits per heavy atom. The normalized spacial score (nSPS) is 17.2. The maximum Gasteiger partial charge on any atom is 0.242 e. The summed E-state index contributed by atoms with van der Waals surface area (Å²) >= 11 is 0. The monoisotopic (exact) mass is 313 g/mol. The Morgan fingerprint density at radius 3 is 2.57 bits per heavy atom. The van der Waals surface area contributed by atoms with E-state index < -0.39 is 10.0 Å². The zero-order chi connectivity index (χ0) is 15.3. The van der Waals surface area contributed by atoms with Gasteiger partial charge in [0, 0.05) is 31.0 Å². The Hall–Kier alpha value is -0.850. The van der Waals surface area contributed by atoms with Crippen molar-refractivity contribution in [3.63, 3.8) is 0 Å². The molecule has 0 radical (unpaired) electrons. The molecule has 1 aromatic rings. The van der Waals surface area contributed by atoms with Crippen LogP contribution in [0.4, 0.5) is 0 Å². The van der Waals surface area contributed by atoms with Crippen LogP contribution in [0.3, 0.4) is 0 Å². The molecule has 0 spiro atoms. The van der Waals surface area contributed by atoms with Crippen molar-refractivity contribution in [2.45, 2.75) is 70.0 Å². The van der Waals surface area contributed by atoms with E-state index in [4.69, 9.17) is 0 Å². The SMILES string of the molecule is CCNCc1cc(S(=O)(=O)NC2CCCCC2)cn1CC. The van der Waals surface area contributed by atoms with Crippen LogP contribution in [0.2, 0.25) is 0 Å². The molecule has 0 atom stereocenters. The molecule has 0 aromatic carbocycles. The van der Waals surface area contributed by atoms with Crippen LogP contribution in [-0.2, 0) is 23.1 Å². The summed E-state index contributed by atoms with van der Waals surface area (Å²) < 4.78 is 29.9. The van der Waals surface area contributed by atoms with E-state index in [-0.39, 0.29) is 6.04 Å². The number of nitrogens with one attached hydrogen (secondary N) is 2. The zero-order valence-corrected chi connectivity index (χ0v) is 13.9. The van der Waals surface area contributed by atoms with Gasteiger partial charge < -0.3 is 9.88 Å². The van der Waals surface area contributed by atoms with E-state index in [0.29, 0.717) is 11.4 Å². The first kappa shape index (κ1) is 16.5. The topological polar surface area (TPSA) is 63.1 Å². The Morgan fingerprint density at radius 2 is 1.95 bits per heavy atom. The minimum absolute atomic E-state index is 0.103. The fourth-order valence-corrected chi connectivity index (χ4v) is 4.24. The van der Waals surface area contributed by atoms with Crippen LogP contribution in [0.25, 0.3) is 0 Å². The molecule has 1 fully saturated rings. The van der Waals surface area contributed by atoms with Gasteiger partial charge in [-0.15, -0.1) is 0 Å². The summed E-state index contributed by atoms with van der Waals surface area (Å²) in [7, 11) is -3.40. The summed E-state index contributed by atoms with van der Waals surface area (Å²) in [6.45, 7) is 6.42. The molecule has 0 aliphatic heterocycles. The van der Waals surface area contributed by atoms with Gasteiger partial charge >= 0.3 is 0 Å². The molecule has 21 heavy (non-hydrogen) atoms. The van der Waals surface area contributed by atoms with Gasteiger partial charge in [0.25, 0.3) is 0 Å². The van der Waals surface area contributed by atoms with Crippen LogP contribution >= 0.6 is 0 Å². The van der Waals surface area contributed by atoms with Crippen LogP contribution < -0.4 is 10.0 Å². The molecule has 5 nitrogen and oxygen atoms in total. The summed E-state index contributed by atoms with van der Waals surface area (Å²) in [4.78, 5) is 0.392. The lowest BCUT2D eigenvalue weighted by molar-refractivity contribution is 0.412. The van der Waals surface area contributed by atoms with Gasteiger partial charge in [0.1, 0.15) is 0 Å².